The lowest BCUT2D eigenvalue weighted by Crippen LogP contribution is -2.13. The maximum Gasteiger partial charge on any atom is 0.227 e. The summed E-state index contributed by atoms with van der Waals surface area (Å²) in [5.41, 5.74) is 9.94. The van der Waals surface area contributed by atoms with Gasteiger partial charge in [-0.3, -0.25) is 4.79 Å². The van der Waals surface area contributed by atoms with Crippen molar-refractivity contribution in [2.45, 2.75) is 5.16 Å². The Morgan fingerprint density at radius 2 is 1.58 bits per heavy atom. The standard InChI is InChI=1S/C19H15N5OS/c20-17(25)12-26-19-22-21-18-11-10-16(23-24(18)19)15-8-6-14(7-9-15)13-4-2-1-3-5-13/h1-11H,12H2,(H2,20,25). The van der Waals surface area contributed by atoms with Gasteiger partial charge in [0.2, 0.25) is 11.1 Å². The summed E-state index contributed by atoms with van der Waals surface area (Å²) >= 11 is 1.22. The Kier molecular flexibility index (Phi) is 4.37. The fourth-order valence-corrected chi connectivity index (χ4v) is 3.24. The number of carbonyl (C=O) groups excluding carboxylic acids is 1. The van der Waals surface area contributed by atoms with Gasteiger partial charge < -0.3 is 5.73 Å². The molecule has 0 aliphatic carbocycles. The zero-order chi connectivity index (χ0) is 17.9. The normalized spacial score (nSPS) is 10.9. The molecule has 4 aromatic rings. The highest BCUT2D eigenvalue weighted by Gasteiger charge is 2.10. The molecule has 0 spiro atoms. The van der Waals surface area contributed by atoms with Gasteiger partial charge in [0.1, 0.15) is 0 Å². The second-order valence-corrected chi connectivity index (χ2v) is 6.61. The summed E-state index contributed by atoms with van der Waals surface area (Å²) in [7, 11) is 0. The molecule has 0 saturated heterocycles. The lowest BCUT2D eigenvalue weighted by atomic mass is 10.0. The highest BCUT2D eigenvalue weighted by molar-refractivity contribution is 7.99. The molecular formula is C19H15N5OS. The summed E-state index contributed by atoms with van der Waals surface area (Å²) in [5.74, 6) is -0.266. The number of benzene rings is 2. The SMILES string of the molecule is NC(=O)CSc1nnc2ccc(-c3ccc(-c4ccccc4)cc3)nn12. The molecule has 0 radical (unpaired) electrons. The van der Waals surface area contributed by atoms with Crippen molar-refractivity contribution >= 4 is 23.3 Å². The molecule has 0 aliphatic heterocycles. The Balaban J connectivity index is 1.66. The molecule has 0 fully saturated rings. The fourth-order valence-electron chi connectivity index (χ4n) is 2.61. The van der Waals surface area contributed by atoms with Crippen molar-refractivity contribution in [2.24, 2.45) is 5.73 Å². The minimum Gasteiger partial charge on any atom is -0.369 e. The number of rotatable bonds is 5. The van der Waals surface area contributed by atoms with Crippen molar-refractivity contribution in [1.82, 2.24) is 19.8 Å². The molecule has 0 saturated carbocycles. The third-order valence-corrected chi connectivity index (χ3v) is 4.81. The van der Waals surface area contributed by atoms with Crippen LogP contribution in [0.3, 0.4) is 0 Å². The largest absolute Gasteiger partial charge is 0.369 e. The summed E-state index contributed by atoms with van der Waals surface area (Å²) in [6.45, 7) is 0. The van der Waals surface area contributed by atoms with Crippen LogP contribution in [0.2, 0.25) is 0 Å². The van der Waals surface area contributed by atoms with Gasteiger partial charge in [-0.2, -0.15) is 9.61 Å². The van der Waals surface area contributed by atoms with E-state index >= 15 is 0 Å². The van der Waals surface area contributed by atoms with Crippen LogP contribution in [-0.4, -0.2) is 31.5 Å². The van der Waals surface area contributed by atoms with Crippen LogP contribution < -0.4 is 5.73 Å². The molecule has 2 aromatic carbocycles. The molecule has 1 amide bonds. The number of nitrogens with zero attached hydrogens (tertiary/aromatic N) is 4. The molecule has 0 aliphatic rings. The number of aromatic nitrogens is 4. The van der Waals surface area contributed by atoms with Gasteiger partial charge in [0.05, 0.1) is 11.4 Å². The predicted molar refractivity (Wildman–Crippen MR) is 102 cm³/mol. The van der Waals surface area contributed by atoms with Crippen molar-refractivity contribution in [3.05, 3.63) is 66.7 Å². The van der Waals surface area contributed by atoms with E-state index in [2.05, 4.69) is 39.6 Å². The molecule has 6 nitrogen and oxygen atoms in total. The number of amides is 1. The monoisotopic (exact) mass is 361 g/mol. The van der Waals surface area contributed by atoms with Gasteiger partial charge in [0, 0.05) is 5.56 Å². The van der Waals surface area contributed by atoms with Crippen LogP contribution in [0, 0.1) is 0 Å². The first kappa shape index (κ1) is 16.3. The van der Waals surface area contributed by atoms with Gasteiger partial charge in [-0.25, -0.2) is 0 Å². The number of hydrogen-bond donors (Lipinski definition) is 1. The van der Waals surface area contributed by atoms with Crippen molar-refractivity contribution in [3.8, 4) is 22.4 Å². The van der Waals surface area contributed by atoms with Crippen LogP contribution in [0.25, 0.3) is 28.0 Å². The Labute approximate surface area is 154 Å². The molecule has 26 heavy (non-hydrogen) atoms. The highest BCUT2D eigenvalue weighted by Crippen LogP contribution is 2.24. The molecule has 128 valence electrons. The Morgan fingerprint density at radius 3 is 2.31 bits per heavy atom. The van der Waals surface area contributed by atoms with E-state index in [1.165, 1.54) is 17.3 Å². The predicted octanol–water partition coefficient (Wildman–Crippen LogP) is 3.04. The highest BCUT2D eigenvalue weighted by atomic mass is 32.2. The molecule has 0 bridgehead atoms. The van der Waals surface area contributed by atoms with E-state index in [0.717, 1.165) is 16.8 Å². The molecule has 2 N–H and O–H groups in total. The molecule has 7 heteroatoms. The Morgan fingerprint density at radius 1 is 0.885 bits per heavy atom. The van der Waals surface area contributed by atoms with E-state index in [-0.39, 0.29) is 5.75 Å². The summed E-state index contributed by atoms with van der Waals surface area (Å²) in [5, 5.41) is 13.3. The number of fused-ring (bicyclic) bond motifs is 1. The smallest absolute Gasteiger partial charge is 0.227 e. The van der Waals surface area contributed by atoms with Crippen molar-refractivity contribution in [1.29, 1.82) is 0 Å². The first-order chi connectivity index (χ1) is 12.7. The minimum atomic E-state index is -0.403. The van der Waals surface area contributed by atoms with Crippen LogP contribution >= 0.6 is 11.8 Å². The zero-order valence-electron chi connectivity index (χ0n) is 13.7. The average molecular weight is 361 g/mol. The fraction of sp³-hybridized carbons (Fsp3) is 0.0526. The van der Waals surface area contributed by atoms with E-state index in [9.17, 15) is 4.79 Å². The molecule has 4 rings (SSSR count). The summed E-state index contributed by atoms with van der Waals surface area (Å²) in [6.07, 6.45) is 0. The van der Waals surface area contributed by atoms with Gasteiger partial charge in [0.15, 0.2) is 5.65 Å². The molecule has 0 atom stereocenters. The average Bonchev–Trinajstić information content (AvgIpc) is 3.09. The van der Waals surface area contributed by atoms with E-state index < -0.39 is 5.91 Å². The third-order valence-electron chi connectivity index (χ3n) is 3.87. The Bertz CT molecular complexity index is 1060. The summed E-state index contributed by atoms with van der Waals surface area (Å²) in [6, 6.07) is 22.2. The van der Waals surface area contributed by atoms with Gasteiger partial charge >= 0.3 is 0 Å². The van der Waals surface area contributed by atoms with E-state index in [1.807, 2.05) is 42.5 Å². The second kappa shape index (κ2) is 6.97. The maximum absolute atomic E-state index is 11.0. The number of primary amides is 1. The van der Waals surface area contributed by atoms with Crippen LogP contribution in [0.4, 0.5) is 0 Å². The van der Waals surface area contributed by atoms with Crippen molar-refractivity contribution in [3.63, 3.8) is 0 Å². The van der Waals surface area contributed by atoms with Gasteiger partial charge in [0.25, 0.3) is 0 Å². The summed E-state index contributed by atoms with van der Waals surface area (Å²) in [4.78, 5) is 11.0. The topological polar surface area (TPSA) is 86.2 Å². The van der Waals surface area contributed by atoms with Crippen molar-refractivity contribution < 1.29 is 4.79 Å². The minimum absolute atomic E-state index is 0.137. The maximum atomic E-state index is 11.0. The lowest BCUT2D eigenvalue weighted by Gasteiger charge is -2.05. The molecule has 0 unspecified atom stereocenters. The lowest BCUT2D eigenvalue weighted by molar-refractivity contribution is -0.115. The zero-order valence-corrected chi connectivity index (χ0v) is 14.6. The first-order valence-corrected chi connectivity index (χ1v) is 8.99. The molecular weight excluding hydrogens is 346 g/mol. The second-order valence-electron chi connectivity index (χ2n) is 5.67. The van der Waals surface area contributed by atoms with Gasteiger partial charge in [-0.15, -0.1) is 10.2 Å². The van der Waals surface area contributed by atoms with Crippen LogP contribution in [0.15, 0.2) is 71.9 Å². The van der Waals surface area contributed by atoms with Gasteiger partial charge in [-0.1, -0.05) is 66.4 Å². The van der Waals surface area contributed by atoms with Gasteiger partial charge in [-0.05, 0) is 23.3 Å². The van der Waals surface area contributed by atoms with E-state index in [0.29, 0.717) is 10.8 Å². The summed E-state index contributed by atoms with van der Waals surface area (Å²) < 4.78 is 1.63. The Hall–Kier alpha value is -3.19. The number of thioether (sulfide) groups is 1. The van der Waals surface area contributed by atoms with Crippen LogP contribution in [0.5, 0.6) is 0 Å². The van der Waals surface area contributed by atoms with E-state index in [1.54, 1.807) is 4.52 Å². The molecule has 2 heterocycles. The van der Waals surface area contributed by atoms with Crippen molar-refractivity contribution in [2.75, 3.05) is 5.75 Å². The number of hydrogen-bond acceptors (Lipinski definition) is 5. The number of carbonyl (C=O) groups is 1. The number of nitrogens with two attached hydrogens (primary N) is 1. The van der Waals surface area contributed by atoms with E-state index in [4.69, 9.17) is 5.73 Å². The quantitative estimate of drug-likeness (QED) is 0.552. The third kappa shape index (κ3) is 3.29. The van der Waals surface area contributed by atoms with Crippen LogP contribution in [0.1, 0.15) is 0 Å². The first-order valence-electron chi connectivity index (χ1n) is 8.00. The van der Waals surface area contributed by atoms with Crippen LogP contribution in [-0.2, 0) is 4.79 Å². The molecule has 2 aromatic heterocycles.